The van der Waals surface area contributed by atoms with Crippen molar-refractivity contribution in [3.05, 3.63) is 35.4 Å². The summed E-state index contributed by atoms with van der Waals surface area (Å²) in [5, 5.41) is 8.95. The molecule has 4 nitrogen and oxygen atoms in total. The van der Waals surface area contributed by atoms with Crippen molar-refractivity contribution in [3.63, 3.8) is 0 Å². The lowest BCUT2D eigenvalue weighted by atomic mass is 9.98. The highest BCUT2D eigenvalue weighted by Crippen LogP contribution is 2.37. The second-order valence-electron chi connectivity index (χ2n) is 5.62. The average molecular weight is 270 g/mol. The maximum atomic E-state index is 12.7. The van der Waals surface area contributed by atoms with Crippen molar-refractivity contribution >= 4 is 5.91 Å². The molecule has 0 aromatic heterocycles. The van der Waals surface area contributed by atoms with Crippen molar-refractivity contribution in [2.24, 2.45) is 0 Å². The minimum Gasteiger partial charge on any atom is -0.381 e. The fourth-order valence-electron chi connectivity index (χ4n) is 3.52. The van der Waals surface area contributed by atoms with Crippen LogP contribution in [0.25, 0.3) is 0 Å². The summed E-state index contributed by atoms with van der Waals surface area (Å²) >= 11 is 0. The third-order valence-electron chi connectivity index (χ3n) is 4.50. The molecule has 2 aliphatic rings. The Bertz CT molecular complexity index is 550. The Morgan fingerprint density at radius 2 is 2.05 bits per heavy atom. The van der Waals surface area contributed by atoms with E-state index in [-0.39, 0.29) is 24.1 Å². The first-order valence-corrected chi connectivity index (χ1v) is 7.08. The van der Waals surface area contributed by atoms with Gasteiger partial charge in [-0.1, -0.05) is 6.07 Å². The molecule has 0 radical (unpaired) electrons. The van der Waals surface area contributed by atoms with E-state index in [1.165, 1.54) is 0 Å². The Morgan fingerprint density at radius 1 is 1.35 bits per heavy atom. The predicted octanol–water partition coefficient (Wildman–Crippen LogP) is 2.34. The number of nitriles is 1. The molecule has 1 amide bonds. The number of nitrogens with zero attached hydrogens (tertiary/aromatic N) is 2. The zero-order valence-electron chi connectivity index (χ0n) is 11.6. The molecule has 2 fully saturated rings. The SMILES string of the molecule is COC1CC2CCC(C1)N2C(=O)c1cccc(C#N)c1. The van der Waals surface area contributed by atoms with E-state index in [0.717, 1.165) is 25.7 Å². The summed E-state index contributed by atoms with van der Waals surface area (Å²) in [6.45, 7) is 0. The number of benzene rings is 1. The van der Waals surface area contributed by atoms with Gasteiger partial charge in [0.2, 0.25) is 0 Å². The largest absolute Gasteiger partial charge is 0.381 e. The van der Waals surface area contributed by atoms with Gasteiger partial charge in [0, 0.05) is 24.8 Å². The van der Waals surface area contributed by atoms with Gasteiger partial charge in [0.25, 0.3) is 5.91 Å². The Hall–Kier alpha value is -1.86. The third-order valence-corrected chi connectivity index (χ3v) is 4.50. The maximum Gasteiger partial charge on any atom is 0.254 e. The number of rotatable bonds is 2. The van der Waals surface area contributed by atoms with E-state index in [1.54, 1.807) is 31.4 Å². The lowest BCUT2D eigenvalue weighted by molar-refractivity contribution is 0.00822. The van der Waals surface area contributed by atoms with Gasteiger partial charge in [-0.15, -0.1) is 0 Å². The number of carbonyl (C=O) groups excluding carboxylic acids is 1. The molecule has 2 heterocycles. The van der Waals surface area contributed by atoms with Gasteiger partial charge >= 0.3 is 0 Å². The molecule has 1 aromatic rings. The zero-order valence-corrected chi connectivity index (χ0v) is 11.6. The first kappa shape index (κ1) is 13.1. The molecule has 0 N–H and O–H groups in total. The van der Waals surface area contributed by atoms with E-state index in [9.17, 15) is 4.79 Å². The number of carbonyl (C=O) groups is 1. The molecule has 4 heteroatoms. The highest BCUT2D eigenvalue weighted by Gasteiger charge is 2.43. The average Bonchev–Trinajstić information content (AvgIpc) is 2.76. The first-order valence-electron chi connectivity index (χ1n) is 7.08. The van der Waals surface area contributed by atoms with Crippen molar-refractivity contribution in [3.8, 4) is 6.07 Å². The molecule has 2 atom stereocenters. The van der Waals surface area contributed by atoms with E-state index in [2.05, 4.69) is 6.07 Å². The molecule has 2 unspecified atom stereocenters. The summed E-state index contributed by atoms with van der Waals surface area (Å²) < 4.78 is 5.46. The fraction of sp³-hybridized carbons (Fsp3) is 0.500. The molecule has 1 aromatic carbocycles. The van der Waals surface area contributed by atoms with E-state index in [1.807, 2.05) is 4.90 Å². The van der Waals surface area contributed by atoms with Crippen LogP contribution in [0.5, 0.6) is 0 Å². The minimum atomic E-state index is 0.0594. The van der Waals surface area contributed by atoms with Crippen LogP contribution in [-0.4, -0.2) is 36.1 Å². The van der Waals surface area contributed by atoms with Crippen molar-refractivity contribution < 1.29 is 9.53 Å². The normalized spacial score (nSPS) is 28.2. The van der Waals surface area contributed by atoms with Gasteiger partial charge in [-0.05, 0) is 43.9 Å². The summed E-state index contributed by atoms with van der Waals surface area (Å²) in [5.41, 5.74) is 1.16. The zero-order chi connectivity index (χ0) is 14.1. The number of methoxy groups -OCH3 is 1. The number of piperidine rings is 1. The highest BCUT2D eigenvalue weighted by molar-refractivity contribution is 5.95. The molecule has 20 heavy (non-hydrogen) atoms. The standard InChI is InChI=1S/C16H18N2O2/c1-20-15-8-13-5-6-14(9-15)18(13)16(19)12-4-2-3-11(7-12)10-17/h2-4,7,13-15H,5-6,8-9H2,1H3. The van der Waals surface area contributed by atoms with Crippen molar-refractivity contribution in [1.29, 1.82) is 5.26 Å². The molecule has 0 saturated carbocycles. The van der Waals surface area contributed by atoms with Gasteiger partial charge in [0.05, 0.1) is 17.7 Å². The summed E-state index contributed by atoms with van der Waals surface area (Å²) in [6.07, 6.45) is 4.26. The Labute approximate surface area is 118 Å². The van der Waals surface area contributed by atoms with E-state index in [4.69, 9.17) is 10.00 Å². The molecule has 2 bridgehead atoms. The topological polar surface area (TPSA) is 53.3 Å². The molecular formula is C16H18N2O2. The third kappa shape index (κ3) is 2.19. The highest BCUT2D eigenvalue weighted by atomic mass is 16.5. The van der Waals surface area contributed by atoms with Crippen molar-refractivity contribution in [2.45, 2.75) is 43.9 Å². The second-order valence-corrected chi connectivity index (χ2v) is 5.62. The van der Waals surface area contributed by atoms with Crippen LogP contribution < -0.4 is 0 Å². The van der Waals surface area contributed by atoms with Crippen LogP contribution in [0.15, 0.2) is 24.3 Å². The van der Waals surface area contributed by atoms with Gasteiger partial charge in [-0.2, -0.15) is 5.26 Å². The lowest BCUT2D eigenvalue weighted by Crippen LogP contribution is -2.48. The number of hydrogen-bond acceptors (Lipinski definition) is 3. The predicted molar refractivity (Wildman–Crippen MR) is 74.2 cm³/mol. The second kappa shape index (κ2) is 5.26. The van der Waals surface area contributed by atoms with Gasteiger partial charge in [-0.25, -0.2) is 0 Å². The van der Waals surface area contributed by atoms with E-state index < -0.39 is 0 Å². The van der Waals surface area contributed by atoms with Gasteiger partial charge < -0.3 is 9.64 Å². The smallest absolute Gasteiger partial charge is 0.254 e. The van der Waals surface area contributed by atoms with Gasteiger partial charge in [0.1, 0.15) is 0 Å². The minimum absolute atomic E-state index is 0.0594. The summed E-state index contributed by atoms with van der Waals surface area (Å²) in [6, 6.07) is 9.65. The molecular weight excluding hydrogens is 252 g/mol. The van der Waals surface area contributed by atoms with Crippen LogP contribution in [0.3, 0.4) is 0 Å². The molecule has 104 valence electrons. The quantitative estimate of drug-likeness (QED) is 0.829. The van der Waals surface area contributed by atoms with Crippen LogP contribution in [-0.2, 0) is 4.74 Å². The molecule has 2 saturated heterocycles. The van der Waals surface area contributed by atoms with Crippen molar-refractivity contribution in [1.82, 2.24) is 4.90 Å². The fourth-order valence-corrected chi connectivity index (χ4v) is 3.52. The Kier molecular flexibility index (Phi) is 3.45. The van der Waals surface area contributed by atoms with Crippen LogP contribution in [0.1, 0.15) is 41.6 Å². The maximum absolute atomic E-state index is 12.7. The number of ether oxygens (including phenoxy) is 1. The summed E-state index contributed by atoms with van der Waals surface area (Å²) in [7, 11) is 1.75. The molecule has 2 aliphatic heterocycles. The van der Waals surface area contributed by atoms with Crippen LogP contribution in [0, 0.1) is 11.3 Å². The summed E-state index contributed by atoms with van der Waals surface area (Å²) in [4.78, 5) is 14.7. The van der Waals surface area contributed by atoms with E-state index in [0.29, 0.717) is 11.1 Å². The Morgan fingerprint density at radius 3 is 2.65 bits per heavy atom. The molecule has 3 rings (SSSR count). The van der Waals surface area contributed by atoms with Crippen LogP contribution in [0.4, 0.5) is 0 Å². The lowest BCUT2D eigenvalue weighted by Gasteiger charge is -2.38. The Balaban J connectivity index is 1.83. The number of amides is 1. The first-order chi connectivity index (χ1) is 9.72. The van der Waals surface area contributed by atoms with Gasteiger partial charge in [-0.3, -0.25) is 4.79 Å². The van der Waals surface area contributed by atoms with Crippen LogP contribution >= 0.6 is 0 Å². The van der Waals surface area contributed by atoms with E-state index >= 15 is 0 Å². The monoisotopic (exact) mass is 270 g/mol. The van der Waals surface area contributed by atoms with Crippen LogP contribution in [0.2, 0.25) is 0 Å². The number of fused-ring (bicyclic) bond motifs is 2. The molecule has 0 spiro atoms. The molecule has 0 aliphatic carbocycles. The number of hydrogen-bond donors (Lipinski definition) is 0. The van der Waals surface area contributed by atoms with Gasteiger partial charge in [0.15, 0.2) is 0 Å². The van der Waals surface area contributed by atoms with Crippen molar-refractivity contribution in [2.75, 3.05) is 7.11 Å². The summed E-state index contributed by atoms with van der Waals surface area (Å²) in [5.74, 6) is 0.0594.